The maximum atomic E-state index is 11.1. The number of carbonyl (C=O) groups is 1. The molecule has 0 aliphatic carbocycles. The van der Waals surface area contributed by atoms with Gasteiger partial charge >= 0.3 is 5.97 Å². The van der Waals surface area contributed by atoms with Crippen LogP contribution >= 0.6 is 0 Å². The monoisotopic (exact) mass is 223 g/mol. The summed E-state index contributed by atoms with van der Waals surface area (Å²) in [7, 11) is 1.31. The van der Waals surface area contributed by atoms with Crippen LogP contribution in [0.4, 0.5) is 0 Å². The molecule has 0 aliphatic heterocycles. The summed E-state index contributed by atoms with van der Waals surface area (Å²) in [5, 5.41) is 0. The van der Waals surface area contributed by atoms with Gasteiger partial charge in [-0.3, -0.25) is 4.79 Å². The smallest absolute Gasteiger partial charge is 0.326 e. The Bertz CT molecular complexity index is 352. The van der Waals surface area contributed by atoms with E-state index >= 15 is 0 Å². The fourth-order valence-electron chi connectivity index (χ4n) is 1.34. The Morgan fingerprint density at radius 3 is 2.75 bits per heavy atom. The molecular weight excluding hydrogens is 206 g/mol. The lowest BCUT2D eigenvalue weighted by atomic mass is 10.1. The highest BCUT2D eigenvalue weighted by molar-refractivity contribution is 5.75. The van der Waals surface area contributed by atoms with Gasteiger partial charge in [0, 0.05) is 0 Å². The number of benzene rings is 1. The minimum atomic E-state index is -0.741. The van der Waals surface area contributed by atoms with Crippen molar-refractivity contribution in [2.24, 2.45) is 5.73 Å². The lowest BCUT2D eigenvalue weighted by molar-refractivity contribution is -0.142. The lowest BCUT2D eigenvalue weighted by Gasteiger charge is -2.13. The van der Waals surface area contributed by atoms with Crippen molar-refractivity contribution in [3.05, 3.63) is 29.8 Å². The van der Waals surface area contributed by atoms with Gasteiger partial charge in [0.05, 0.1) is 7.11 Å². The maximum absolute atomic E-state index is 11.1. The summed E-state index contributed by atoms with van der Waals surface area (Å²) in [4.78, 5) is 11.1. The molecule has 4 heteroatoms. The largest absolute Gasteiger partial charge is 0.491 e. The van der Waals surface area contributed by atoms with Gasteiger partial charge in [0.15, 0.2) is 0 Å². The van der Waals surface area contributed by atoms with E-state index in [4.69, 9.17) is 10.5 Å². The van der Waals surface area contributed by atoms with Crippen LogP contribution in [-0.2, 0) is 16.0 Å². The third-order valence-electron chi connectivity index (χ3n) is 2.28. The number of rotatable bonds is 5. The highest BCUT2D eigenvalue weighted by atomic mass is 16.5. The molecule has 1 atom stereocenters. The Labute approximate surface area is 95.3 Å². The molecule has 0 saturated carbocycles. The van der Waals surface area contributed by atoms with E-state index in [2.05, 4.69) is 4.74 Å². The third kappa shape index (κ3) is 3.24. The highest BCUT2D eigenvalue weighted by Crippen LogP contribution is 2.18. The minimum absolute atomic E-state index is 0.129. The topological polar surface area (TPSA) is 61.5 Å². The predicted octanol–water partition coefficient (Wildman–Crippen LogP) is 1.13. The van der Waals surface area contributed by atoms with Gasteiger partial charge < -0.3 is 15.2 Å². The second kappa shape index (κ2) is 6.12. The number of aryl methyl sites for hydroxylation is 1. The molecule has 2 N–H and O–H groups in total. The van der Waals surface area contributed by atoms with Crippen LogP contribution in [0.1, 0.15) is 12.5 Å². The van der Waals surface area contributed by atoms with E-state index in [1.54, 1.807) is 0 Å². The number of methoxy groups -OCH3 is 1. The third-order valence-corrected chi connectivity index (χ3v) is 2.28. The predicted molar refractivity (Wildman–Crippen MR) is 61.3 cm³/mol. The van der Waals surface area contributed by atoms with E-state index < -0.39 is 12.0 Å². The molecule has 0 saturated heterocycles. The number of hydrogen-bond acceptors (Lipinski definition) is 4. The second-order valence-electron chi connectivity index (χ2n) is 3.40. The first-order chi connectivity index (χ1) is 7.69. The average Bonchev–Trinajstić information content (AvgIpc) is 2.35. The molecule has 0 spiro atoms. The van der Waals surface area contributed by atoms with Crippen molar-refractivity contribution in [2.45, 2.75) is 19.4 Å². The van der Waals surface area contributed by atoms with Crippen LogP contribution in [0.5, 0.6) is 5.75 Å². The van der Waals surface area contributed by atoms with Gasteiger partial charge in [-0.15, -0.1) is 0 Å². The molecular formula is C12H17NO3. The maximum Gasteiger partial charge on any atom is 0.326 e. The van der Waals surface area contributed by atoms with Crippen LogP contribution in [0.3, 0.4) is 0 Å². The molecule has 1 aromatic carbocycles. The molecule has 0 heterocycles. The fraction of sp³-hybridized carbons (Fsp3) is 0.417. The lowest BCUT2D eigenvalue weighted by Crippen LogP contribution is -2.37. The van der Waals surface area contributed by atoms with Gasteiger partial charge in [-0.05, 0) is 18.1 Å². The van der Waals surface area contributed by atoms with Crippen LogP contribution in [0.25, 0.3) is 0 Å². The molecule has 0 amide bonds. The van der Waals surface area contributed by atoms with E-state index in [-0.39, 0.29) is 6.61 Å². The standard InChI is InChI=1S/C12H17NO3/c1-3-9-6-4-5-7-11(9)16-8-10(13)12(14)15-2/h4-7,10H,3,8,13H2,1-2H3. The number of carbonyl (C=O) groups excluding carboxylic acids is 1. The van der Waals surface area contributed by atoms with Gasteiger partial charge in [0.1, 0.15) is 18.4 Å². The Kier molecular flexibility index (Phi) is 4.79. The summed E-state index contributed by atoms with van der Waals surface area (Å²) in [5.74, 6) is 0.304. The summed E-state index contributed by atoms with van der Waals surface area (Å²) in [6.07, 6.45) is 0.879. The van der Waals surface area contributed by atoms with Crippen LogP contribution in [0.15, 0.2) is 24.3 Å². The van der Waals surface area contributed by atoms with Crippen molar-refractivity contribution >= 4 is 5.97 Å². The van der Waals surface area contributed by atoms with Gasteiger partial charge in [-0.2, -0.15) is 0 Å². The average molecular weight is 223 g/mol. The summed E-state index contributed by atoms with van der Waals surface area (Å²) in [6.45, 7) is 2.17. The first kappa shape index (κ1) is 12.5. The second-order valence-corrected chi connectivity index (χ2v) is 3.40. The van der Waals surface area contributed by atoms with E-state index in [1.807, 2.05) is 31.2 Å². The van der Waals surface area contributed by atoms with Crippen molar-refractivity contribution in [1.82, 2.24) is 0 Å². The van der Waals surface area contributed by atoms with Gasteiger partial charge in [-0.25, -0.2) is 0 Å². The zero-order valence-corrected chi connectivity index (χ0v) is 9.60. The number of hydrogen-bond donors (Lipinski definition) is 1. The molecule has 0 aliphatic rings. The molecule has 1 aromatic rings. The molecule has 0 aromatic heterocycles. The molecule has 4 nitrogen and oxygen atoms in total. The summed E-state index contributed by atoms with van der Waals surface area (Å²) >= 11 is 0. The minimum Gasteiger partial charge on any atom is -0.491 e. The number of ether oxygens (including phenoxy) is 2. The van der Waals surface area contributed by atoms with Crippen molar-refractivity contribution in [3.8, 4) is 5.75 Å². The van der Waals surface area contributed by atoms with Crippen LogP contribution in [-0.4, -0.2) is 25.7 Å². The van der Waals surface area contributed by atoms with Crippen molar-refractivity contribution in [3.63, 3.8) is 0 Å². The van der Waals surface area contributed by atoms with Crippen molar-refractivity contribution in [1.29, 1.82) is 0 Å². The Morgan fingerprint density at radius 2 is 2.12 bits per heavy atom. The molecule has 0 bridgehead atoms. The van der Waals surface area contributed by atoms with Gasteiger partial charge in [-0.1, -0.05) is 25.1 Å². The quantitative estimate of drug-likeness (QED) is 0.760. The molecule has 1 rings (SSSR count). The highest BCUT2D eigenvalue weighted by Gasteiger charge is 2.14. The van der Waals surface area contributed by atoms with E-state index in [0.29, 0.717) is 0 Å². The number of esters is 1. The Morgan fingerprint density at radius 1 is 1.44 bits per heavy atom. The van der Waals surface area contributed by atoms with E-state index in [1.165, 1.54) is 7.11 Å². The molecule has 0 fully saturated rings. The van der Waals surface area contributed by atoms with Crippen LogP contribution < -0.4 is 10.5 Å². The summed E-state index contributed by atoms with van der Waals surface area (Å²) in [5.41, 5.74) is 6.66. The number of para-hydroxylation sites is 1. The van der Waals surface area contributed by atoms with E-state index in [0.717, 1.165) is 17.7 Å². The zero-order chi connectivity index (χ0) is 12.0. The van der Waals surface area contributed by atoms with Crippen molar-refractivity contribution < 1.29 is 14.3 Å². The first-order valence-electron chi connectivity index (χ1n) is 5.23. The molecule has 16 heavy (non-hydrogen) atoms. The van der Waals surface area contributed by atoms with Crippen LogP contribution in [0.2, 0.25) is 0 Å². The van der Waals surface area contributed by atoms with Gasteiger partial charge in [0.2, 0.25) is 0 Å². The van der Waals surface area contributed by atoms with Crippen molar-refractivity contribution in [2.75, 3.05) is 13.7 Å². The SMILES string of the molecule is CCc1ccccc1OCC(N)C(=O)OC. The Hall–Kier alpha value is -1.55. The van der Waals surface area contributed by atoms with Crippen LogP contribution in [0, 0.1) is 0 Å². The Balaban J connectivity index is 2.57. The van der Waals surface area contributed by atoms with E-state index in [9.17, 15) is 4.79 Å². The normalized spacial score (nSPS) is 11.9. The molecule has 88 valence electrons. The fourth-order valence-corrected chi connectivity index (χ4v) is 1.34. The molecule has 0 radical (unpaired) electrons. The summed E-state index contributed by atoms with van der Waals surface area (Å²) in [6, 6.07) is 6.95. The summed E-state index contributed by atoms with van der Waals surface area (Å²) < 4.78 is 10.00. The van der Waals surface area contributed by atoms with Gasteiger partial charge in [0.25, 0.3) is 0 Å². The molecule has 1 unspecified atom stereocenters. The number of nitrogens with two attached hydrogens (primary N) is 1. The first-order valence-corrected chi connectivity index (χ1v) is 5.23. The zero-order valence-electron chi connectivity index (χ0n) is 9.60.